The number of aromatic nitrogens is 1. The Labute approximate surface area is 120 Å². The zero-order chi connectivity index (χ0) is 11.5. The summed E-state index contributed by atoms with van der Waals surface area (Å²) in [5.74, 6) is 0.517. The number of hydrogen-bond donors (Lipinski definition) is 2. The Morgan fingerprint density at radius 3 is 2.72 bits per heavy atom. The summed E-state index contributed by atoms with van der Waals surface area (Å²) in [6.45, 7) is 2.47. The molecule has 0 spiro atoms. The highest BCUT2D eigenvalue weighted by molar-refractivity contribution is 5.94. The molecule has 6 heteroatoms. The van der Waals surface area contributed by atoms with Gasteiger partial charge in [-0.2, -0.15) is 0 Å². The Morgan fingerprint density at radius 2 is 2.17 bits per heavy atom. The second-order valence-corrected chi connectivity index (χ2v) is 4.46. The monoisotopic (exact) mass is 291 g/mol. The fraction of sp³-hybridized carbons (Fsp3) is 0.500. The van der Waals surface area contributed by atoms with Gasteiger partial charge in [-0.15, -0.1) is 24.8 Å². The van der Waals surface area contributed by atoms with Gasteiger partial charge in [0.2, 0.25) is 0 Å². The second kappa shape index (κ2) is 7.56. The number of nitrogens with two attached hydrogens (primary N) is 1. The molecule has 0 saturated heterocycles. The van der Waals surface area contributed by atoms with Crippen LogP contribution in [0.1, 0.15) is 28.8 Å². The number of amides is 1. The zero-order valence-corrected chi connectivity index (χ0v) is 11.9. The summed E-state index contributed by atoms with van der Waals surface area (Å²) in [5.41, 5.74) is 7.49. The lowest BCUT2D eigenvalue weighted by Gasteiger charge is -2.11. The van der Waals surface area contributed by atoms with Gasteiger partial charge in [0.1, 0.15) is 0 Å². The standard InChI is InChI=1S/C12H17N3O.2ClH/c1-8-4-10(6-14-5-8)12(16)15-7-11(13)9-2-3-9;;/h4-6,9,11H,2-3,7,13H2,1H3,(H,15,16);2*1H. The number of carbonyl (C=O) groups excluding carboxylic acids is 1. The summed E-state index contributed by atoms with van der Waals surface area (Å²) >= 11 is 0. The molecule has 1 atom stereocenters. The van der Waals surface area contributed by atoms with Crippen LogP contribution >= 0.6 is 24.8 Å². The fourth-order valence-corrected chi connectivity index (χ4v) is 1.68. The summed E-state index contributed by atoms with van der Waals surface area (Å²) in [6, 6.07) is 1.92. The van der Waals surface area contributed by atoms with E-state index in [1.807, 2.05) is 13.0 Å². The van der Waals surface area contributed by atoms with Crippen molar-refractivity contribution in [3.8, 4) is 0 Å². The van der Waals surface area contributed by atoms with Gasteiger partial charge in [-0.05, 0) is 37.3 Å². The highest BCUT2D eigenvalue weighted by atomic mass is 35.5. The topological polar surface area (TPSA) is 68.0 Å². The van der Waals surface area contributed by atoms with Gasteiger partial charge in [0.05, 0.1) is 5.56 Å². The molecule has 1 aliphatic carbocycles. The number of nitrogens with one attached hydrogen (secondary N) is 1. The third-order valence-corrected chi connectivity index (χ3v) is 2.86. The molecule has 1 fully saturated rings. The summed E-state index contributed by atoms with van der Waals surface area (Å²) in [7, 11) is 0. The summed E-state index contributed by atoms with van der Waals surface area (Å²) in [5, 5.41) is 2.84. The van der Waals surface area contributed by atoms with Gasteiger partial charge < -0.3 is 11.1 Å². The van der Waals surface area contributed by atoms with E-state index in [1.54, 1.807) is 12.4 Å². The number of pyridine rings is 1. The number of nitrogens with zero attached hydrogens (tertiary/aromatic N) is 1. The molecule has 3 N–H and O–H groups in total. The molecule has 1 aromatic rings. The van der Waals surface area contributed by atoms with Crippen LogP contribution in [-0.4, -0.2) is 23.5 Å². The van der Waals surface area contributed by atoms with Crippen LogP contribution in [0.4, 0.5) is 0 Å². The SMILES string of the molecule is Cc1cncc(C(=O)NCC(N)C2CC2)c1.Cl.Cl. The minimum absolute atomic E-state index is 0. The fourth-order valence-electron chi connectivity index (χ4n) is 1.68. The van der Waals surface area contributed by atoms with Crippen molar-refractivity contribution in [2.24, 2.45) is 11.7 Å². The molecule has 0 bridgehead atoms. The van der Waals surface area contributed by atoms with Crippen molar-refractivity contribution in [3.05, 3.63) is 29.6 Å². The molecular weight excluding hydrogens is 273 g/mol. The van der Waals surface area contributed by atoms with E-state index in [1.165, 1.54) is 12.8 Å². The van der Waals surface area contributed by atoms with Gasteiger partial charge in [-0.25, -0.2) is 0 Å². The normalized spacial score (nSPS) is 15.0. The third kappa shape index (κ3) is 4.80. The molecule has 0 radical (unpaired) electrons. The van der Waals surface area contributed by atoms with E-state index in [0.717, 1.165) is 5.56 Å². The van der Waals surface area contributed by atoms with Crippen LogP contribution in [0.5, 0.6) is 0 Å². The van der Waals surface area contributed by atoms with Crippen LogP contribution in [0.15, 0.2) is 18.5 Å². The van der Waals surface area contributed by atoms with Gasteiger partial charge >= 0.3 is 0 Å². The van der Waals surface area contributed by atoms with Crippen molar-refractivity contribution in [2.75, 3.05) is 6.54 Å². The van der Waals surface area contributed by atoms with Crippen LogP contribution in [0.3, 0.4) is 0 Å². The highest BCUT2D eigenvalue weighted by Gasteiger charge is 2.28. The van der Waals surface area contributed by atoms with Crippen LogP contribution in [0.2, 0.25) is 0 Å². The predicted molar refractivity (Wildman–Crippen MR) is 76.5 cm³/mol. The average Bonchev–Trinajstić information content (AvgIpc) is 3.09. The van der Waals surface area contributed by atoms with Gasteiger partial charge in [0.15, 0.2) is 0 Å². The molecule has 1 aliphatic rings. The van der Waals surface area contributed by atoms with Crippen molar-refractivity contribution in [1.29, 1.82) is 0 Å². The van der Waals surface area contributed by atoms with Gasteiger partial charge in [-0.3, -0.25) is 9.78 Å². The molecule has 102 valence electrons. The van der Waals surface area contributed by atoms with Crippen molar-refractivity contribution in [2.45, 2.75) is 25.8 Å². The molecule has 2 rings (SSSR count). The Kier molecular flexibility index (Phi) is 7.21. The van der Waals surface area contributed by atoms with Gasteiger partial charge in [0, 0.05) is 25.0 Å². The van der Waals surface area contributed by atoms with E-state index in [0.29, 0.717) is 18.0 Å². The minimum atomic E-state index is -0.0905. The lowest BCUT2D eigenvalue weighted by atomic mass is 10.2. The first kappa shape index (κ1) is 17.2. The van der Waals surface area contributed by atoms with Gasteiger partial charge in [-0.1, -0.05) is 0 Å². The summed E-state index contributed by atoms with van der Waals surface area (Å²) in [4.78, 5) is 15.7. The molecule has 0 aromatic carbocycles. The molecule has 0 aliphatic heterocycles. The molecular formula is C12H19Cl2N3O. The maximum atomic E-state index is 11.7. The first-order valence-corrected chi connectivity index (χ1v) is 5.62. The highest BCUT2D eigenvalue weighted by Crippen LogP contribution is 2.31. The third-order valence-electron chi connectivity index (χ3n) is 2.86. The maximum Gasteiger partial charge on any atom is 0.252 e. The Bertz CT molecular complexity index is 397. The largest absolute Gasteiger partial charge is 0.350 e. The quantitative estimate of drug-likeness (QED) is 0.887. The Morgan fingerprint density at radius 1 is 1.50 bits per heavy atom. The average molecular weight is 292 g/mol. The molecule has 1 saturated carbocycles. The van der Waals surface area contributed by atoms with Gasteiger partial charge in [0.25, 0.3) is 5.91 Å². The van der Waals surface area contributed by atoms with Crippen LogP contribution in [0, 0.1) is 12.8 Å². The predicted octanol–water partition coefficient (Wildman–Crippen LogP) is 1.70. The minimum Gasteiger partial charge on any atom is -0.350 e. The Hall–Kier alpha value is -0.840. The number of carbonyl (C=O) groups is 1. The molecule has 4 nitrogen and oxygen atoms in total. The van der Waals surface area contributed by atoms with E-state index in [2.05, 4.69) is 10.3 Å². The van der Waals surface area contributed by atoms with E-state index in [9.17, 15) is 4.79 Å². The summed E-state index contributed by atoms with van der Waals surface area (Å²) in [6.07, 6.45) is 5.70. The van der Waals surface area contributed by atoms with E-state index in [4.69, 9.17) is 5.73 Å². The molecule has 1 aromatic heterocycles. The zero-order valence-electron chi connectivity index (χ0n) is 10.3. The lowest BCUT2D eigenvalue weighted by molar-refractivity contribution is 0.0950. The maximum absolute atomic E-state index is 11.7. The van der Waals surface area contributed by atoms with Crippen molar-refractivity contribution in [3.63, 3.8) is 0 Å². The Balaban J connectivity index is 0.00000144. The molecule has 18 heavy (non-hydrogen) atoms. The van der Waals surface area contributed by atoms with Crippen LogP contribution < -0.4 is 11.1 Å². The van der Waals surface area contributed by atoms with Crippen LogP contribution in [-0.2, 0) is 0 Å². The second-order valence-electron chi connectivity index (χ2n) is 4.46. The summed E-state index contributed by atoms with van der Waals surface area (Å²) < 4.78 is 0. The number of aryl methyl sites for hydroxylation is 1. The first-order chi connectivity index (χ1) is 7.66. The van der Waals surface area contributed by atoms with Crippen molar-refractivity contribution < 1.29 is 4.79 Å². The lowest BCUT2D eigenvalue weighted by Crippen LogP contribution is -2.38. The van der Waals surface area contributed by atoms with Crippen LogP contribution in [0.25, 0.3) is 0 Å². The first-order valence-electron chi connectivity index (χ1n) is 5.62. The molecule has 1 heterocycles. The van der Waals surface area contributed by atoms with E-state index in [-0.39, 0.29) is 36.8 Å². The van der Waals surface area contributed by atoms with Crippen molar-refractivity contribution >= 4 is 30.7 Å². The van der Waals surface area contributed by atoms with E-state index >= 15 is 0 Å². The molecule has 1 unspecified atom stereocenters. The van der Waals surface area contributed by atoms with E-state index < -0.39 is 0 Å². The molecule has 1 amide bonds. The van der Waals surface area contributed by atoms with Crippen molar-refractivity contribution in [1.82, 2.24) is 10.3 Å². The number of halogens is 2. The number of hydrogen-bond acceptors (Lipinski definition) is 3. The smallest absolute Gasteiger partial charge is 0.252 e. The number of rotatable bonds is 4.